The minimum Gasteiger partial charge on any atom is -0.388 e. The molecule has 0 fully saturated rings. The Morgan fingerprint density at radius 3 is 2.53 bits per heavy atom. The first-order valence-corrected chi connectivity index (χ1v) is 6.62. The van der Waals surface area contributed by atoms with Crippen LogP contribution in [0.4, 0.5) is 4.39 Å². The van der Waals surface area contributed by atoms with Crippen molar-refractivity contribution in [2.24, 2.45) is 0 Å². The second kappa shape index (κ2) is 5.98. The van der Waals surface area contributed by atoms with Crippen molar-refractivity contribution < 1.29 is 9.50 Å². The molecular weight excluding hydrogens is 239 g/mol. The molecular formula is C17H19FO. The van der Waals surface area contributed by atoms with E-state index in [-0.39, 0.29) is 5.82 Å². The molecule has 1 N–H and O–H groups in total. The molecule has 2 heteroatoms. The van der Waals surface area contributed by atoms with E-state index >= 15 is 0 Å². The Kier molecular flexibility index (Phi) is 4.33. The average molecular weight is 258 g/mol. The lowest BCUT2D eigenvalue weighted by atomic mass is 9.94. The molecule has 2 rings (SSSR count). The van der Waals surface area contributed by atoms with Crippen molar-refractivity contribution in [3.05, 3.63) is 70.5 Å². The summed E-state index contributed by atoms with van der Waals surface area (Å²) in [7, 11) is 0. The predicted molar refractivity (Wildman–Crippen MR) is 75.6 cm³/mol. The van der Waals surface area contributed by atoms with Crippen molar-refractivity contribution in [2.45, 2.75) is 32.8 Å². The summed E-state index contributed by atoms with van der Waals surface area (Å²) in [5.41, 5.74) is 4.00. The van der Waals surface area contributed by atoms with Gasteiger partial charge in [-0.15, -0.1) is 0 Å². The molecule has 2 aromatic carbocycles. The Labute approximate surface area is 113 Å². The Morgan fingerprint density at radius 2 is 1.84 bits per heavy atom. The molecule has 2 aromatic rings. The van der Waals surface area contributed by atoms with Crippen molar-refractivity contribution in [3.63, 3.8) is 0 Å². The third-order valence-electron chi connectivity index (χ3n) is 3.51. The fourth-order valence-corrected chi connectivity index (χ4v) is 2.39. The summed E-state index contributed by atoms with van der Waals surface area (Å²) < 4.78 is 13.1. The number of aryl methyl sites for hydroxylation is 2. The minimum absolute atomic E-state index is 0.232. The molecule has 19 heavy (non-hydrogen) atoms. The van der Waals surface area contributed by atoms with E-state index in [1.807, 2.05) is 31.2 Å². The van der Waals surface area contributed by atoms with Gasteiger partial charge in [0.1, 0.15) is 5.82 Å². The summed E-state index contributed by atoms with van der Waals surface area (Å²) in [5.74, 6) is -0.232. The Bertz CT molecular complexity index is 563. The van der Waals surface area contributed by atoms with Crippen LogP contribution in [-0.4, -0.2) is 5.11 Å². The fourth-order valence-electron chi connectivity index (χ4n) is 2.39. The first-order chi connectivity index (χ1) is 9.11. The summed E-state index contributed by atoms with van der Waals surface area (Å²) in [5, 5.41) is 10.4. The van der Waals surface area contributed by atoms with E-state index in [9.17, 15) is 9.50 Å². The van der Waals surface area contributed by atoms with Gasteiger partial charge in [-0.2, -0.15) is 0 Å². The molecule has 0 radical (unpaired) electrons. The number of halogens is 1. The number of aliphatic hydroxyl groups excluding tert-OH is 1. The summed E-state index contributed by atoms with van der Waals surface area (Å²) in [6.45, 7) is 3.95. The van der Waals surface area contributed by atoms with Gasteiger partial charge in [-0.25, -0.2) is 4.39 Å². The SMILES string of the molecule is CCc1ccccc1C(O)Cc1ccc(F)cc1C. The van der Waals surface area contributed by atoms with Gasteiger partial charge in [-0.05, 0) is 47.7 Å². The number of hydrogen-bond acceptors (Lipinski definition) is 1. The van der Waals surface area contributed by atoms with Gasteiger partial charge in [0.25, 0.3) is 0 Å². The van der Waals surface area contributed by atoms with E-state index in [0.29, 0.717) is 6.42 Å². The van der Waals surface area contributed by atoms with E-state index < -0.39 is 6.10 Å². The van der Waals surface area contributed by atoms with Crippen molar-refractivity contribution in [1.82, 2.24) is 0 Å². The largest absolute Gasteiger partial charge is 0.388 e. The molecule has 1 unspecified atom stereocenters. The number of benzene rings is 2. The Hall–Kier alpha value is -1.67. The van der Waals surface area contributed by atoms with Gasteiger partial charge < -0.3 is 5.11 Å². The van der Waals surface area contributed by atoms with Crippen molar-refractivity contribution in [3.8, 4) is 0 Å². The van der Waals surface area contributed by atoms with Crippen LogP contribution in [0.25, 0.3) is 0 Å². The van der Waals surface area contributed by atoms with Gasteiger partial charge in [0.15, 0.2) is 0 Å². The van der Waals surface area contributed by atoms with E-state index in [1.54, 1.807) is 6.07 Å². The van der Waals surface area contributed by atoms with Gasteiger partial charge in [-0.3, -0.25) is 0 Å². The zero-order valence-electron chi connectivity index (χ0n) is 11.4. The Balaban J connectivity index is 2.23. The molecule has 0 heterocycles. The van der Waals surface area contributed by atoms with Gasteiger partial charge in [0.05, 0.1) is 6.10 Å². The van der Waals surface area contributed by atoms with Crippen LogP contribution in [0.1, 0.15) is 35.3 Å². The van der Waals surface area contributed by atoms with Gasteiger partial charge in [0.2, 0.25) is 0 Å². The zero-order valence-corrected chi connectivity index (χ0v) is 11.4. The first kappa shape index (κ1) is 13.8. The van der Waals surface area contributed by atoms with Crippen molar-refractivity contribution >= 4 is 0 Å². The maximum Gasteiger partial charge on any atom is 0.123 e. The van der Waals surface area contributed by atoms with Gasteiger partial charge in [0, 0.05) is 6.42 Å². The molecule has 0 aliphatic heterocycles. The predicted octanol–water partition coefficient (Wildman–Crippen LogP) is 3.97. The molecule has 0 aliphatic rings. The molecule has 0 spiro atoms. The third-order valence-corrected chi connectivity index (χ3v) is 3.51. The standard InChI is InChI=1S/C17H19FO/c1-3-13-6-4-5-7-16(13)17(19)11-14-8-9-15(18)10-12(14)2/h4-10,17,19H,3,11H2,1-2H3. The summed E-state index contributed by atoms with van der Waals surface area (Å²) in [6, 6.07) is 12.6. The van der Waals surface area contributed by atoms with Crippen LogP contribution in [0.3, 0.4) is 0 Å². The van der Waals surface area contributed by atoms with Gasteiger partial charge in [-0.1, -0.05) is 37.3 Å². The fraction of sp³-hybridized carbons (Fsp3) is 0.294. The monoisotopic (exact) mass is 258 g/mol. The lowest BCUT2D eigenvalue weighted by molar-refractivity contribution is 0.177. The second-order valence-corrected chi connectivity index (χ2v) is 4.84. The summed E-state index contributed by atoms with van der Waals surface area (Å²) in [6.07, 6.45) is 0.874. The molecule has 0 aliphatic carbocycles. The lowest BCUT2D eigenvalue weighted by Gasteiger charge is -2.16. The van der Waals surface area contributed by atoms with E-state index in [2.05, 4.69) is 6.92 Å². The average Bonchev–Trinajstić information content (AvgIpc) is 2.41. The topological polar surface area (TPSA) is 20.2 Å². The number of rotatable bonds is 4. The summed E-state index contributed by atoms with van der Waals surface area (Å²) in [4.78, 5) is 0. The third kappa shape index (κ3) is 3.21. The summed E-state index contributed by atoms with van der Waals surface area (Å²) >= 11 is 0. The van der Waals surface area contributed by atoms with E-state index in [4.69, 9.17) is 0 Å². The van der Waals surface area contributed by atoms with Gasteiger partial charge >= 0.3 is 0 Å². The van der Waals surface area contributed by atoms with Crippen LogP contribution in [0.5, 0.6) is 0 Å². The van der Waals surface area contributed by atoms with E-state index in [1.165, 1.54) is 12.1 Å². The maximum atomic E-state index is 13.1. The first-order valence-electron chi connectivity index (χ1n) is 6.62. The number of hydrogen-bond donors (Lipinski definition) is 1. The highest BCUT2D eigenvalue weighted by Crippen LogP contribution is 2.24. The van der Waals surface area contributed by atoms with Crippen LogP contribution in [0.15, 0.2) is 42.5 Å². The van der Waals surface area contributed by atoms with Crippen molar-refractivity contribution in [1.29, 1.82) is 0 Å². The van der Waals surface area contributed by atoms with Crippen LogP contribution < -0.4 is 0 Å². The van der Waals surface area contributed by atoms with Crippen LogP contribution in [0.2, 0.25) is 0 Å². The highest BCUT2D eigenvalue weighted by molar-refractivity contribution is 5.33. The molecule has 0 bridgehead atoms. The number of aliphatic hydroxyl groups is 1. The van der Waals surface area contributed by atoms with Crippen LogP contribution in [-0.2, 0) is 12.8 Å². The zero-order chi connectivity index (χ0) is 13.8. The molecule has 0 saturated carbocycles. The normalized spacial score (nSPS) is 12.4. The highest BCUT2D eigenvalue weighted by Gasteiger charge is 2.13. The maximum absolute atomic E-state index is 13.1. The Morgan fingerprint density at radius 1 is 1.11 bits per heavy atom. The van der Waals surface area contributed by atoms with Crippen LogP contribution in [0, 0.1) is 12.7 Å². The molecule has 1 nitrogen and oxygen atoms in total. The quantitative estimate of drug-likeness (QED) is 0.879. The van der Waals surface area contributed by atoms with E-state index in [0.717, 1.165) is 28.7 Å². The van der Waals surface area contributed by atoms with Crippen molar-refractivity contribution in [2.75, 3.05) is 0 Å². The smallest absolute Gasteiger partial charge is 0.123 e. The van der Waals surface area contributed by atoms with Crippen LogP contribution >= 0.6 is 0 Å². The highest BCUT2D eigenvalue weighted by atomic mass is 19.1. The lowest BCUT2D eigenvalue weighted by Crippen LogP contribution is -2.06. The minimum atomic E-state index is -0.541. The molecule has 0 saturated heterocycles. The molecule has 0 amide bonds. The molecule has 1 atom stereocenters. The second-order valence-electron chi connectivity index (χ2n) is 4.84. The molecule has 0 aromatic heterocycles. The molecule has 100 valence electrons.